The van der Waals surface area contributed by atoms with Gasteiger partial charge in [0.25, 0.3) is 10.0 Å². The molecule has 1 saturated heterocycles. The van der Waals surface area contributed by atoms with Crippen molar-refractivity contribution in [3.05, 3.63) is 40.7 Å². The standard InChI is InChI=1S/C21H27ClN4O6S/c1-13-11-18(14(2)10-16(13)22)33(31,32)26-9-6-23-20(28)17(26)12-19(27)24-15-4-3-7-25(8-5-15)21(29)30/h6,9-11,15,17H,3-5,7-8,12H2,1-2H3,(H,23,28)(H,24,27)(H,29,30)/t15?,17-/m1/s1. The highest BCUT2D eigenvalue weighted by Crippen LogP contribution is 2.29. The number of nitrogens with one attached hydrogen (secondary N) is 2. The molecule has 3 N–H and O–H groups in total. The average Bonchev–Trinajstić information content (AvgIpc) is 2.97. The first-order chi connectivity index (χ1) is 15.5. The van der Waals surface area contributed by atoms with Gasteiger partial charge in [-0.2, -0.15) is 0 Å². The Morgan fingerprint density at radius 1 is 1.21 bits per heavy atom. The number of sulfonamides is 1. The van der Waals surface area contributed by atoms with E-state index >= 15 is 0 Å². The van der Waals surface area contributed by atoms with E-state index in [4.69, 9.17) is 16.7 Å². The lowest BCUT2D eigenvalue weighted by Gasteiger charge is -2.32. The van der Waals surface area contributed by atoms with Crippen molar-refractivity contribution in [2.24, 2.45) is 0 Å². The van der Waals surface area contributed by atoms with Gasteiger partial charge in [-0.3, -0.25) is 13.9 Å². The maximum atomic E-state index is 13.4. The summed E-state index contributed by atoms with van der Waals surface area (Å²) in [6, 6.07) is 1.47. The predicted molar refractivity (Wildman–Crippen MR) is 121 cm³/mol. The maximum Gasteiger partial charge on any atom is 0.407 e. The molecular weight excluding hydrogens is 472 g/mol. The largest absolute Gasteiger partial charge is 0.465 e. The topological polar surface area (TPSA) is 136 Å². The van der Waals surface area contributed by atoms with Gasteiger partial charge in [0.1, 0.15) is 6.04 Å². The molecule has 2 atom stereocenters. The molecule has 12 heteroatoms. The molecule has 10 nitrogen and oxygen atoms in total. The van der Waals surface area contributed by atoms with Gasteiger partial charge in [-0.1, -0.05) is 11.6 Å². The zero-order valence-corrected chi connectivity index (χ0v) is 19.9. The van der Waals surface area contributed by atoms with Crippen LogP contribution in [0.2, 0.25) is 5.02 Å². The number of rotatable bonds is 5. The third kappa shape index (κ3) is 5.59. The van der Waals surface area contributed by atoms with Crippen molar-refractivity contribution < 1.29 is 27.9 Å². The summed E-state index contributed by atoms with van der Waals surface area (Å²) >= 11 is 6.10. The molecule has 0 aromatic heterocycles. The Kier molecular flexibility index (Phi) is 7.53. The zero-order chi connectivity index (χ0) is 24.3. The molecule has 1 aromatic rings. The molecule has 0 saturated carbocycles. The summed E-state index contributed by atoms with van der Waals surface area (Å²) in [5.74, 6) is -1.10. The fourth-order valence-corrected chi connectivity index (χ4v) is 5.94. The van der Waals surface area contributed by atoms with Crippen LogP contribution in [0.5, 0.6) is 0 Å². The van der Waals surface area contributed by atoms with Gasteiger partial charge in [0.2, 0.25) is 11.8 Å². The quantitative estimate of drug-likeness (QED) is 0.567. The van der Waals surface area contributed by atoms with Crippen LogP contribution in [0, 0.1) is 13.8 Å². The van der Waals surface area contributed by atoms with E-state index in [-0.39, 0.29) is 17.4 Å². The molecule has 2 aliphatic heterocycles. The molecule has 0 radical (unpaired) electrons. The summed E-state index contributed by atoms with van der Waals surface area (Å²) in [4.78, 5) is 37.8. The third-order valence-corrected chi connectivity index (χ3v) is 8.15. The van der Waals surface area contributed by atoms with Gasteiger partial charge in [-0.05, 0) is 56.4 Å². The number of halogens is 1. The average molecular weight is 499 g/mol. The Morgan fingerprint density at radius 3 is 2.64 bits per heavy atom. The normalized spacial score (nSPS) is 21.4. The van der Waals surface area contributed by atoms with Crippen molar-refractivity contribution in [3.63, 3.8) is 0 Å². The molecule has 1 aromatic carbocycles. The molecule has 3 rings (SSSR count). The summed E-state index contributed by atoms with van der Waals surface area (Å²) in [5.41, 5.74) is 0.999. The number of likely N-dealkylation sites (tertiary alicyclic amines) is 1. The lowest BCUT2D eigenvalue weighted by molar-refractivity contribution is -0.129. The number of aryl methyl sites for hydroxylation is 2. The number of amides is 3. The van der Waals surface area contributed by atoms with E-state index in [9.17, 15) is 22.8 Å². The first-order valence-electron chi connectivity index (χ1n) is 10.5. The lowest BCUT2D eigenvalue weighted by atomic mass is 10.1. The second kappa shape index (κ2) is 10.0. The number of hydrogen-bond acceptors (Lipinski definition) is 5. The number of carbonyl (C=O) groups is 3. The van der Waals surface area contributed by atoms with Crippen LogP contribution < -0.4 is 10.6 Å². The van der Waals surface area contributed by atoms with Crippen molar-refractivity contribution in [2.45, 2.75) is 56.5 Å². The molecular formula is C21H27ClN4O6S. The molecule has 0 spiro atoms. The molecule has 0 bridgehead atoms. The Hall–Kier alpha value is -2.79. The van der Waals surface area contributed by atoms with Crippen molar-refractivity contribution in [1.29, 1.82) is 0 Å². The summed E-state index contributed by atoms with van der Waals surface area (Å²) in [6.07, 6.45) is 2.71. The van der Waals surface area contributed by atoms with Gasteiger partial charge in [0, 0.05) is 36.6 Å². The Balaban J connectivity index is 1.77. The van der Waals surface area contributed by atoms with Crippen LogP contribution >= 0.6 is 11.6 Å². The van der Waals surface area contributed by atoms with Crippen LogP contribution in [0.3, 0.4) is 0 Å². The van der Waals surface area contributed by atoms with E-state index in [2.05, 4.69) is 10.6 Å². The minimum atomic E-state index is -4.14. The van der Waals surface area contributed by atoms with E-state index in [0.717, 1.165) is 4.31 Å². The van der Waals surface area contributed by atoms with Crippen LogP contribution in [0.4, 0.5) is 4.79 Å². The summed E-state index contributed by atoms with van der Waals surface area (Å²) < 4.78 is 27.7. The van der Waals surface area contributed by atoms with Crippen molar-refractivity contribution in [1.82, 2.24) is 19.8 Å². The number of carbonyl (C=O) groups excluding carboxylic acids is 2. The van der Waals surface area contributed by atoms with Gasteiger partial charge in [-0.25, -0.2) is 13.2 Å². The van der Waals surface area contributed by atoms with Gasteiger partial charge in [-0.15, -0.1) is 0 Å². The van der Waals surface area contributed by atoms with E-state index in [1.54, 1.807) is 19.9 Å². The van der Waals surface area contributed by atoms with E-state index in [0.29, 0.717) is 48.5 Å². The summed E-state index contributed by atoms with van der Waals surface area (Å²) in [6.45, 7) is 3.98. The molecule has 2 heterocycles. The second-order valence-corrected chi connectivity index (χ2v) is 10.4. The van der Waals surface area contributed by atoms with Crippen LogP contribution in [-0.4, -0.2) is 65.8 Å². The van der Waals surface area contributed by atoms with Gasteiger partial charge in [0.15, 0.2) is 0 Å². The van der Waals surface area contributed by atoms with Crippen molar-refractivity contribution in [2.75, 3.05) is 13.1 Å². The minimum absolute atomic E-state index is 0.00619. The second-order valence-electron chi connectivity index (χ2n) is 8.21. The van der Waals surface area contributed by atoms with E-state index in [1.807, 2.05) is 0 Å². The van der Waals surface area contributed by atoms with E-state index in [1.165, 1.54) is 23.4 Å². The van der Waals surface area contributed by atoms with Gasteiger partial charge in [0.05, 0.1) is 11.3 Å². The minimum Gasteiger partial charge on any atom is -0.465 e. The third-order valence-electron chi connectivity index (χ3n) is 5.81. The SMILES string of the molecule is Cc1cc(S(=O)(=O)N2C=CNC(=O)[C@H]2CC(=O)NC2CCCN(C(=O)O)CC2)c(C)cc1Cl. The molecule has 180 valence electrons. The summed E-state index contributed by atoms with van der Waals surface area (Å²) in [5, 5.41) is 14.9. The van der Waals surface area contributed by atoms with Crippen LogP contribution in [0.1, 0.15) is 36.8 Å². The fraction of sp³-hybridized carbons (Fsp3) is 0.476. The molecule has 0 aliphatic carbocycles. The number of nitrogens with zero attached hydrogens (tertiary/aromatic N) is 2. The van der Waals surface area contributed by atoms with Crippen molar-refractivity contribution in [3.8, 4) is 0 Å². The highest BCUT2D eigenvalue weighted by Gasteiger charge is 2.38. The fourth-order valence-electron chi connectivity index (χ4n) is 3.98. The summed E-state index contributed by atoms with van der Waals surface area (Å²) in [7, 11) is -4.14. The van der Waals surface area contributed by atoms with Gasteiger partial charge < -0.3 is 20.6 Å². The zero-order valence-electron chi connectivity index (χ0n) is 18.4. The Morgan fingerprint density at radius 2 is 1.94 bits per heavy atom. The Bertz CT molecular complexity index is 1090. The number of hydrogen-bond donors (Lipinski definition) is 3. The molecule has 3 amide bonds. The molecule has 1 unspecified atom stereocenters. The Labute approximate surface area is 197 Å². The van der Waals surface area contributed by atoms with Gasteiger partial charge >= 0.3 is 6.09 Å². The van der Waals surface area contributed by atoms with Crippen LogP contribution in [-0.2, 0) is 19.6 Å². The lowest BCUT2D eigenvalue weighted by Crippen LogP contribution is -2.51. The van der Waals surface area contributed by atoms with Crippen LogP contribution in [0.15, 0.2) is 29.4 Å². The van der Waals surface area contributed by atoms with Crippen molar-refractivity contribution >= 4 is 39.5 Å². The smallest absolute Gasteiger partial charge is 0.407 e. The molecule has 33 heavy (non-hydrogen) atoms. The first-order valence-corrected chi connectivity index (χ1v) is 12.4. The predicted octanol–water partition coefficient (Wildman–Crippen LogP) is 1.96. The monoisotopic (exact) mass is 498 g/mol. The number of carboxylic acid groups (broad SMARTS) is 1. The highest BCUT2D eigenvalue weighted by atomic mass is 35.5. The van der Waals surface area contributed by atoms with E-state index < -0.39 is 34.0 Å². The first kappa shape index (κ1) is 24.8. The highest BCUT2D eigenvalue weighted by molar-refractivity contribution is 7.89. The maximum absolute atomic E-state index is 13.4. The molecule has 1 fully saturated rings. The number of benzene rings is 1. The van der Waals surface area contributed by atoms with Crippen LogP contribution in [0.25, 0.3) is 0 Å². The molecule has 2 aliphatic rings.